The van der Waals surface area contributed by atoms with Gasteiger partial charge in [-0.25, -0.2) is 0 Å². The average Bonchev–Trinajstić information content (AvgIpc) is 2.16. The number of ether oxygens (including phenoxy) is 1. The van der Waals surface area contributed by atoms with E-state index in [4.69, 9.17) is 4.74 Å². The van der Waals surface area contributed by atoms with Crippen LogP contribution in [0, 0.1) is 6.07 Å². The van der Waals surface area contributed by atoms with Crippen LogP contribution >= 0.6 is 0 Å². The smallest absolute Gasteiger partial charge is 0.122 e. The van der Waals surface area contributed by atoms with Gasteiger partial charge in [0.05, 0.1) is 7.11 Å². The number of hydrogen-bond donors (Lipinski definition) is 0. The van der Waals surface area contributed by atoms with Crippen LogP contribution in [-0.2, 0) is 12.8 Å². The van der Waals surface area contributed by atoms with Gasteiger partial charge in [-0.05, 0) is 30.5 Å². The number of rotatable bonds is 3. The van der Waals surface area contributed by atoms with E-state index in [2.05, 4.69) is 26.0 Å². The quantitative estimate of drug-likeness (QED) is 0.665. The number of benzene rings is 1. The summed E-state index contributed by atoms with van der Waals surface area (Å²) in [6.45, 7) is 4.26. The van der Waals surface area contributed by atoms with Gasteiger partial charge in [-0.3, -0.25) is 0 Å². The fourth-order valence-electron chi connectivity index (χ4n) is 1.23. The van der Waals surface area contributed by atoms with Crippen molar-refractivity contribution >= 4 is 0 Å². The lowest BCUT2D eigenvalue weighted by atomic mass is 10.1. The molecule has 12 heavy (non-hydrogen) atoms. The lowest BCUT2D eigenvalue weighted by Crippen LogP contribution is -1.92. The molecule has 0 saturated carbocycles. The molecule has 0 bridgehead atoms. The van der Waals surface area contributed by atoms with Crippen molar-refractivity contribution in [3.05, 3.63) is 29.3 Å². The zero-order valence-electron chi connectivity index (χ0n) is 7.98. The Morgan fingerprint density at radius 3 is 2.50 bits per heavy atom. The van der Waals surface area contributed by atoms with Crippen molar-refractivity contribution < 1.29 is 4.74 Å². The maximum atomic E-state index is 5.20. The van der Waals surface area contributed by atoms with E-state index in [1.807, 2.05) is 6.07 Å². The summed E-state index contributed by atoms with van der Waals surface area (Å²) >= 11 is 0. The van der Waals surface area contributed by atoms with Crippen LogP contribution in [-0.4, -0.2) is 7.11 Å². The van der Waals surface area contributed by atoms with E-state index in [-0.39, 0.29) is 0 Å². The van der Waals surface area contributed by atoms with E-state index < -0.39 is 0 Å². The second-order valence-corrected chi connectivity index (χ2v) is 2.74. The largest absolute Gasteiger partial charge is 0.496 e. The SMILES string of the molecule is CCc1[c]c(CC)c(OC)cc1. The third-order valence-electron chi connectivity index (χ3n) is 2.00. The number of hydrogen-bond acceptors (Lipinski definition) is 1. The van der Waals surface area contributed by atoms with Gasteiger partial charge >= 0.3 is 0 Å². The van der Waals surface area contributed by atoms with Crippen LogP contribution in [0.1, 0.15) is 25.0 Å². The fourth-order valence-corrected chi connectivity index (χ4v) is 1.23. The molecule has 0 spiro atoms. The Morgan fingerprint density at radius 2 is 2.00 bits per heavy atom. The summed E-state index contributed by atoms with van der Waals surface area (Å²) in [5, 5.41) is 0. The summed E-state index contributed by atoms with van der Waals surface area (Å²) in [6, 6.07) is 7.43. The van der Waals surface area contributed by atoms with Crippen LogP contribution in [0.15, 0.2) is 12.1 Å². The van der Waals surface area contributed by atoms with Crippen molar-refractivity contribution in [3.8, 4) is 5.75 Å². The summed E-state index contributed by atoms with van der Waals surface area (Å²) in [7, 11) is 1.70. The Hall–Kier alpha value is -0.980. The van der Waals surface area contributed by atoms with Gasteiger partial charge < -0.3 is 4.74 Å². The molecule has 1 nitrogen and oxygen atoms in total. The molecule has 0 aliphatic carbocycles. The summed E-state index contributed by atoms with van der Waals surface area (Å²) in [6.07, 6.45) is 2.02. The lowest BCUT2D eigenvalue weighted by molar-refractivity contribution is 0.410. The van der Waals surface area contributed by atoms with Crippen molar-refractivity contribution in [1.82, 2.24) is 0 Å². The molecule has 0 heterocycles. The summed E-state index contributed by atoms with van der Waals surface area (Å²) in [5.74, 6) is 0.953. The van der Waals surface area contributed by atoms with E-state index in [9.17, 15) is 0 Å². The first kappa shape index (κ1) is 9.11. The van der Waals surface area contributed by atoms with Gasteiger partial charge in [0.25, 0.3) is 0 Å². The zero-order chi connectivity index (χ0) is 8.97. The average molecular weight is 163 g/mol. The highest BCUT2D eigenvalue weighted by Gasteiger charge is 2.01. The van der Waals surface area contributed by atoms with Gasteiger partial charge in [0.2, 0.25) is 0 Å². The van der Waals surface area contributed by atoms with Crippen LogP contribution < -0.4 is 4.74 Å². The molecule has 1 aromatic rings. The Morgan fingerprint density at radius 1 is 1.25 bits per heavy atom. The first-order valence-electron chi connectivity index (χ1n) is 4.39. The van der Waals surface area contributed by atoms with Gasteiger partial charge in [0.15, 0.2) is 0 Å². The Balaban J connectivity index is 3.02. The standard InChI is InChI=1S/C11H15O/c1-4-9-6-7-11(12-3)10(5-2)8-9/h6-7H,4-5H2,1-3H3. The van der Waals surface area contributed by atoms with Crippen molar-refractivity contribution in [1.29, 1.82) is 0 Å². The first-order chi connectivity index (χ1) is 5.81. The molecule has 0 unspecified atom stereocenters. The summed E-state index contributed by atoms with van der Waals surface area (Å²) < 4.78 is 5.20. The van der Waals surface area contributed by atoms with Gasteiger partial charge in [-0.1, -0.05) is 19.9 Å². The Kier molecular flexibility index (Phi) is 3.15. The van der Waals surface area contributed by atoms with Gasteiger partial charge in [-0.15, -0.1) is 0 Å². The topological polar surface area (TPSA) is 9.23 Å². The van der Waals surface area contributed by atoms with E-state index in [1.54, 1.807) is 7.11 Å². The molecule has 1 radical (unpaired) electrons. The second-order valence-electron chi connectivity index (χ2n) is 2.74. The van der Waals surface area contributed by atoms with Gasteiger partial charge in [-0.2, -0.15) is 0 Å². The first-order valence-corrected chi connectivity index (χ1v) is 4.39. The van der Waals surface area contributed by atoms with Crippen molar-refractivity contribution in [2.24, 2.45) is 0 Å². The maximum absolute atomic E-state index is 5.20. The molecule has 0 aromatic heterocycles. The van der Waals surface area contributed by atoms with E-state index in [1.165, 1.54) is 11.1 Å². The molecular weight excluding hydrogens is 148 g/mol. The van der Waals surface area contributed by atoms with Crippen molar-refractivity contribution in [3.63, 3.8) is 0 Å². The van der Waals surface area contributed by atoms with Crippen LogP contribution in [0.25, 0.3) is 0 Å². The second kappa shape index (κ2) is 4.15. The third kappa shape index (κ3) is 1.79. The molecule has 1 aromatic carbocycles. The number of methoxy groups -OCH3 is 1. The summed E-state index contributed by atoms with van der Waals surface area (Å²) in [5.41, 5.74) is 2.43. The predicted molar refractivity (Wildman–Crippen MR) is 50.6 cm³/mol. The molecule has 0 aliphatic rings. The fraction of sp³-hybridized carbons (Fsp3) is 0.455. The van der Waals surface area contributed by atoms with Gasteiger partial charge in [0.1, 0.15) is 5.75 Å². The minimum absolute atomic E-state index is 0.953. The molecule has 0 aliphatic heterocycles. The number of aryl methyl sites for hydroxylation is 2. The van der Waals surface area contributed by atoms with Crippen LogP contribution in [0.4, 0.5) is 0 Å². The molecule has 0 N–H and O–H groups in total. The zero-order valence-corrected chi connectivity index (χ0v) is 7.98. The highest BCUT2D eigenvalue weighted by atomic mass is 16.5. The molecule has 1 heteroatoms. The minimum Gasteiger partial charge on any atom is -0.496 e. The molecule has 65 valence electrons. The molecule has 0 amide bonds. The lowest BCUT2D eigenvalue weighted by Gasteiger charge is -2.06. The highest BCUT2D eigenvalue weighted by Crippen LogP contribution is 2.19. The molecular formula is C11H15O. The Labute approximate surface area is 74.4 Å². The molecule has 1 rings (SSSR count). The predicted octanol–water partition coefficient (Wildman–Crippen LogP) is 2.62. The minimum atomic E-state index is 0.953. The van der Waals surface area contributed by atoms with Crippen LogP contribution in [0.5, 0.6) is 5.75 Å². The van der Waals surface area contributed by atoms with Crippen molar-refractivity contribution in [2.75, 3.05) is 7.11 Å². The van der Waals surface area contributed by atoms with Gasteiger partial charge in [0, 0.05) is 5.56 Å². The van der Waals surface area contributed by atoms with E-state index >= 15 is 0 Å². The van der Waals surface area contributed by atoms with Crippen LogP contribution in [0.3, 0.4) is 0 Å². The molecule has 0 fully saturated rings. The van der Waals surface area contributed by atoms with Crippen LogP contribution in [0.2, 0.25) is 0 Å². The van der Waals surface area contributed by atoms with E-state index in [0.717, 1.165) is 18.6 Å². The Bertz CT molecular complexity index is 253. The third-order valence-corrected chi connectivity index (χ3v) is 2.00. The molecule has 0 atom stereocenters. The molecule has 0 saturated heterocycles. The monoisotopic (exact) mass is 163 g/mol. The van der Waals surface area contributed by atoms with E-state index in [0.29, 0.717) is 0 Å². The van der Waals surface area contributed by atoms with Crippen molar-refractivity contribution in [2.45, 2.75) is 26.7 Å². The highest BCUT2D eigenvalue weighted by molar-refractivity contribution is 5.36. The summed E-state index contributed by atoms with van der Waals surface area (Å²) in [4.78, 5) is 0. The maximum Gasteiger partial charge on any atom is 0.122 e. The normalized spacial score (nSPS) is 9.92.